The lowest BCUT2D eigenvalue weighted by Gasteiger charge is -2.08. The van der Waals surface area contributed by atoms with Crippen LogP contribution in [0.1, 0.15) is 11.3 Å². The molecule has 1 N–H and O–H groups in total. The fraction of sp³-hybridized carbons (Fsp3) is 0.154. The van der Waals surface area contributed by atoms with Crippen molar-refractivity contribution in [3.05, 3.63) is 58.3 Å². The fourth-order valence-corrected chi connectivity index (χ4v) is 2.82. The van der Waals surface area contributed by atoms with E-state index >= 15 is 0 Å². The number of benzene rings is 1. The monoisotopic (exact) mass is 340 g/mol. The summed E-state index contributed by atoms with van der Waals surface area (Å²) >= 11 is 3.27. The summed E-state index contributed by atoms with van der Waals surface area (Å²) < 4.78 is 27.5. The zero-order valence-corrected chi connectivity index (χ0v) is 12.7. The summed E-state index contributed by atoms with van der Waals surface area (Å²) in [4.78, 5) is 4.39. The Hall–Kier alpha value is -1.24. The molecule has 19 heavy (non-hydrogen) atoms. The summed E-state index contributed by atoms with van der Waals surface area (Å²) in [6, 6.07) is 10.2. The molecule has 0 aliphatic rings. The molecule has 0 radical (unpaired) electrons. The first kappa shape index (κ1) is 14.2. The Morgan fingerprint density at radius 2 is 1.89 bits per heavy atom. The van der Waals surface area contributed by atoms with Crippen molar-refractivity contribution >= 4 is 26.0 Å². The maximum Gasteiger partial charge on any atom is 0.240 e. The largest absolute Gasteiger partial charge is 0.260 e. The van der Waals surface area contributed by atoms with Gasteiger partial charge < -0.3 is 0 Å². The Labute approximate surface area is 121 Å². The van der Waals surface area contributed by atoms with E-state index < -0.39 is 10.0 Å². The van der Waals surface area contributed by atoms with Gasteiger partial charge in [0.25, 0.3) is 0 Å². The molecular weight excluding hydrogens is 328 g/mol. The summed E-state index contributed by atoms with van der Waals surface area (Å²) in [5, 5.41) is 0. The predicted molar refractivity (Wildman–Crippen MR) is 77.1 cm³/mol. The van der Waals surface area contributed by atoms with E-state index in [1.807, 2.05) is 19.1 Å². The highest BCUT2D eigenvalue weighted by molar-refractivity contribution is 9.10. The lowest BCUT2D eigenvalue weighted by Crippen LogP contribution is -2.24. The Morgan fingerprint density at radius 3 is 2.53 bits per heavy atom. The standard InChI is InChI=1S/C13H13BrN2O2S/c1-10-3-2-8-15-13(10)9-16-19(17,18)12-6-4-11(14)5-7-12/h2-8,16H,9H2,1H3. The summed E-state index contributed by atoms with van der Waals surface area (Å²) in [7, 11) is -3.50. The van der Waals surface area contributed by atoms with Crippen LogP contribution in [0, 0.1) is 6.92 Å². The van der Waals surface area contributed by atoms with Crippen molar-refractivity contribution in [1.29, 1.82) is 0 Å². The van der Waals surface area contributed by atoms with Crippen molar-refractivity contribution in [3.63, 3.8) is 0 Å². The number of pyridine rings is 1. The number of nitrogens with zero attached hydrogens (tertiary/aromatic N) is 1. The highest BCUT2D eigenvalue weighted by Crippen LogP contribution is 2.15. The maximum atomic E-state index is 12.1. The minimum absolute atomic E-state index is 0.186. The molecule has 0 unspecified atom stereocenters. The van der Waals surface area contributed by atoms with Crippen LogP contribution in [0.4, 0.5) is 0 Å². The molecule has 1 aromatic heterocycles. The molecule has 2 aromatic rings. The van der Waals surface area contributed by atoms with Gasteiger partial charge in [-0.1, -0.05) is 22.0 Å². The summed E-state index contributed by atoms with van der Waals surface area (Å²) in [5.41, 5.74) is 1.68. The minimum atomic E-state index is -3.50. The number of rotatable bonds is 4. The van der Waals surface area contributed by atoms with Crippen LogP contribution in [0.2, 0.25) is 0 Å². The second-order valence-corrected chi connectivity index (χ2v) is 6.73. The Balaban J connectivity index is 2.14. The van der Waals surface area contributed by atoms with Gasteiger partial charge in [0.2, 0.25) is 10.0 Å². The molecule has 0 atom stereocenters. The predicted octanol–water partition coefficient (Wildman–Crippen LogP) is 2.63. The Kier molecular flexibility index (Phi) is 4.34. The lowest BCUT2D eigenvalue weighted by atomic mass is 10.2. The fourth-order valence-electron chi connectivity index (χ4n) is 1.56. The molecule has 1 heterocycles. The number of hydrogen-bond acceptors (Lipinski definition) is 3. The molecule has 6 heteroatoms. The summed E-state index contributed by atoms with van der Waals surface area (Å²) in [5.74, 6) is 0. The average Bonchev–Trinajstić information content (AvgIpc) is 2.38. The number of sulfonamides is 1. The molecule has 0 aliphatic carbocycles. The quantitative estimate of drug-likeness (QED) is 0.930. The molecule has 1 aromatic carbocycles. The molecule has 0 spiro atoms. The van der Waals surface area contributed by atoms with Gasteiger partial charge in [-0.15, -0.1) is 0 Å². The van der Waals surface area contributed by atoms with E-state index in [0.29, 0.717) is 0 Å². The van der Waals surface area contributed by atoms with Crippen LogP contribution in [-0.4, -0.2) is 13.4 Å². The molecule has 4 nitrogen and oxygen atoms in total. The van der Waals surface area contributed by atoms with E-state index in [-0.39, 0.29) is 11.4 Å². The summed E-state index contributed by atoms with van der Waals surface area (Å²) in [6.07, 6.45) is 1.65. The molecule has 0 bridgehead atoms. The third kappa shape index (κ3) is 3.62. The molecular formula is C13H13BrN2O2S. The third-order valence-corrected chi connectivity index (χ3v) is 4.62. The van der Waals surface area contributed by atoms with Crippen molar-refractivity contribution in [2.75, 3.05) is 0 Å². The average molecular weight is 341 g/mol. The topological polar surface area (TPSA) is 59.1 Å². The van der Waals surface area contributed by atoms with E-state index in [1.54, 1.807) is 30.5 Å². The molecule has 2 rings (SSSR count). The van der Waals surface area contributed by atoms with E-state index in [1.165, 1.54) is 0 Å². The van der Waals surface area contributed by atoms with Crippen LogP contribution in [0.5, 0.6) is 0 Å². The SMILES string of the molecule is Cc1cccnc1CNS(=O)(=O)c1ccc(Br)cc1. The zero-order valence-electron chi connectivity index (χ0n) is 10.3. The Morgan fingerprint density at radius 1 is 1.21 bits per heavy atom. The van der Waals surface area contributed by atoms with Crippen LogP contribution in [0.25, 0.3) is 0 Å². The number of aromatic nitrogens is 1. The van der Waals surface area contributed by atoms with Gasteiger partial charge in [-0.25, -0.2) is 13.1 Å². The second-order valence-electron chi connectivity index (χ2n) is 4.05. The zero-order chi connectivity index (χ0) is 13.9. The van der Waals surface area contributed by atoms with Crippen LogP contribution in [-0.2, 0) is 16.6 Å². The van der Waals surface area contributed by atoms with E-state index in [9.17, 15) is 8.42 Å². The van der Waals surface area contributed by atoms with Gasteiger partial charge in [-0.3, -0.25) is 4.98 Å². The maximum absolute atomic E-state index is 12.1. The number of nitrogens with one attached hydrogen (secondary N) is 1. The smallest absolute Gasteiger partial charge is 0.240 e. The molecule has 0 fully saturated rings. The van der Waals surface area contributed by atoms with Gasteiger partial charge in [-0.05, 0) is 42.8 Å². The molecule has 0 amide bonds. The third-order valence-electron chi connectivity index (χ3n) is 2.67. The normalized spacial score (nSPS) is 11.5. The highest BCUT2D eigenvalue weighted by atomic mass is 79.9. The van der Waals surface area contributed by atoms with Gasteiger partial charge in [-0.2, -0.15) is 0 Å². The first-order valence-corrected chi connectivity index (χ1v) is 7.92. The Bertz CT molecular complexity index is 669. The van der Waals surface area contributed by atoms with Gasteiger partial charge in [0.1, 0.15) is 0 Å². The van der Waals surface area contributed by atoms with Crippen molar-refractivity contribution in [1.82, 2.24) is 9.71 Å². The molecule has 0 saturated heterocycles. The van der Waals surface area contributed by atoms with Gasteiger partial charge in [0, 0.05) is 10.7 Å². The molecule has 100 valence electrons. The van der Waals surface area contributed by atoms with Crippen molar-refractivity contribution in [3.8, 4) is 0 Å². The first-order chi connectivity index (χ1) is 8.99. The van der Waals surface area contributed by atoms with Crippen LogP contribution in [0.3, 0.4) is 0 Å². The number of aryl methyl sites for hydroxylation is 1. The van der Waals surface area contributed by atoms with Crippen molar-refractivity contribution in [2.24, 2.45) is 0 Å². The van der Waals surface area contributed by atoms with Crippen LogP contribution >= 0.6 is 15.9 Å². The molecule has 0 saturated carbocycles. The van der Waals surface area contributed by atoms with Gasteiger partial charge in [0.05, 0.1) is 17.1 Å². The van der Waals surface area contributed by atoms with E-state index in [4.69, 9.17) is 0 Å². The van der Waals surface area contributed by atoms with Crippen LogP contribution < -0.4 is 4.72 Å². The minimum Gasteiger partial charge on any atom is -0.260 e. The van der Waals surface area contributed by atoms with E-state index in [2.05, 4.69) is 25.6 Å². The highest BCUT2D eigenvalue weighted by Gasteiger charge is 2.14. The number of halogens is 1. The van der Waals surface area contributed by atoms with Gasteiger partial charge >= 0.3 is 0 Å². The van der Waals surface area contributed by atoms with Crippen molar-refractivity contribution in [2.45, 2.75) is 18.4 Å². The number of hydrogen-bond donors (Lipinski definition) is 1. The van der Waals surface area contributed by atoms with E-state index in [0.717, 1.165) is 15.7 Å². The first-order valence-electron chi connectivity index (χ1n) is 5.65. The summed E-state index contributed by atoms with van der Waals surface area (Å²) in [6.45, 7) is 2.08. The van der Waals surface area contributed by atoms with Crippen LogP contribution in [0.15, 0.2) is 52.0 Å². The lowest BCUT2D eigenvalue weighted by molar-refractivity contribution is 0.580. The van der Waals surface area contributed by atoms with Crippen molar-refractivity contribution < 1.29 is 8.42 Å². The van der Waals surface area contributed by atoms with Gasteiger partial charge in [0.15, 0.2) is 0 Å². The molecule has 0 aliphatic heterocycles. The second kappa shape index (κ2) is 5.81.